The number of piperazine rings is 1. The summed E-state index contributed by atoms with van der Waals surface area (Å²) < 4.78 is 0. The molecular weight excluding hydrogens is 430 g/mol. The standard InChI is InChI=1S/C26H37N5O3/c32-24(19-4-1-2-5-19)28-22-18-21(26(34)31-14-10-27-11-15-31)8-9-23(22)29-12-3-13-30(17-16-29)25(33)20-6-7-20/h8-9,18-20,27H,1-7,10-17H2,(H,28,32). The summed E-state index contributed by atoms with van der Waals surface area (Å²) in [7, 11) is 0. The number of hydrogen-bond donors (Lipinski definition) is 2. The van der Waals surface area contributed by atoms with Crippen LogP contribution in [0.15, 0.2) is 18.2 Å². The van der Waals surface area contributed by atoms with Crippen LogP contribution in [-0.4, -0.2) is 79.9 Å². The molecule has 0 aromatic heterocycles. The summed E-state index contributed by atoms with van der Waals surface area (Å²) in [6.07, 6.45) is 7.02. The maximum absolute atomic E-state index is 13.2. The average molecular weight is 468 g/mol. The molecule has 184 valence electrons. The highest BCUT2D eigenvalue weighted by Gasteiger charge is 2.34. The number of amides is 3. The Hall–Kier alpha value is -2.61. The Labute approximate surface area is 202 Å². The van der Waals surface area contributed by atoms with Crippen molar-refractivity contribution < 1.29 is 14.4 Å². The Morgan fingerprint density at radius 3 is 2.29 bits per heavy atom. The zero-order valence-electron chi connectivity index (χ0n) is 20.1. The van der Waals surface area contributed by atoms with Crippen LogP contribution in [0.3, 0.4) is 0 Å². The Morgan fingerprint density at radius 1 is 0.794 bits per heavy atom. The van der Waals surface area contributed by atoms with Gasteiger partial charge in [-0.05, 0) is 50.3 Å². The molecule has 3 amide bonds. The van der Waals surface area contributed by atoms with E-state index in [1.54, 1.807) is 0 Å². The average Bonchev–Trinajstić information content (AvgIpc) is 3.63. The second-order valence-electron chi connectivity index (χ2n) is 10.2. The fraction of sp³-hybridized carbons (Fsp3) is 0.654. The molecule has 2 heterocycles. The van der Waals surface area contributed by atoms with Gasteiger partial charge in [0.05, 0.1) is 11.4 Å². The lowest BCUT2D eigenvalue weighted by atomic mass is 10.1. The molecule has 0 spiro atoms. The Morgan fingerprint density at radius 2 is 1.56 bits per heavy atom. The fourth-order valence-corrected chi connectivity index (χ4v) is 5.49. The minimum Gasteiger partial charge on any atom is -0.368 e. The molecule has 0 bridgehead atoms. The first-order valence-corrected chi connectivity index (χ1v) is 13.1. The van der Waals surface area contributed by atoms with Crippen LogP contribution in [0.2, 0.25) is 0 Å². The van der Waals surface area contributed by atoms with Crippen molar-refractivity contribution in [1.29, 1.82) is 0 Å². The first-order chi connectivity index (χ1) is 16.6. The van der Waals surface area contributed by atoms with Gasteiger partial charge >= 0.3 is 0 Å². The number of carbonyl (C=O) groups is 3. The van der Waals surface area contributed by atoms with Gasteiger partial charge in [0.1, 0.15) is 0 Å². The van der Waals surface area contributed by atoms with E-state index in [0.29, 0.717) is 31.1 Å². The minimum absolute atomic E-state index is 0.0153. The number of carbonyl (C=O) groups excluding carboxylic acids is 3. The Balaban J connectivity index is 1.36. The first kappa shape index (κ1) is 23.1. The van der Waals surface area contributed by atoms with Crippen LogP contribution in [0.5, 0.6) is 0 Å². The van der Waals surface area contributed by atoms with Crippen molar-refractivity contribution in [2.75, 3.05) is 62.6 Å². The molecule has 2 aliphatic heterocycles. The van der Waals surface area contributed by atoms with Gasteiger partial charge < -0.3 is 25.3 Å². The van der Waals surface area contributed by atoms with Gasteiger partial charge in [-0.25, -0.2) is 0 Å². The predicted octanol–water partition coefficient (Wildman–Crippen LogP) is 2.31. The molecule has 2 saturated heterocycles. The van der Waals surface area contributed by atoms with E-state index in [9.17, 15) is 14.4 Å². The third-order valence-electron chi connectivity index (χ3n) is 7.71. The molecule has 1 aromatic rings. The van der Waals surface area contributed by atoms with E-state index in [4.69, 9.17) is 0 Å². The van der Waals surface area contributed by atoms with E-state index >= 15 is 0 Å². The van der Waals surface area contributed by atoms with E-state index in [0.717, 1.165) is 89.0 Å². The lowest BCUT2D eigenvalue weighted by molar-refractivity contribution is -0.132. The SMILES string of the molecule is O=C(Nc1cc(C(=O)N2CCNCC2)ccc1N1CCCN(C(=O)C2CC2)CC1)C1CCCC1. The van der Waals surface area contributed by atoms with Gasteiger partial charge in [0.15, 0.2) is 0 Å². The van der Waals surface area contributed by atoms with Crippen molar-refractivity contribution >= 4 is 29.1 Å². The van der Waals surface area contributed by atoms with Crippen molar-refractivity contribution in [3.05, 3.63) is 23.8 Å². The topological polar surface area (TPSA) is 85.0 Å². The summed E-state index contributed by atoms with van der Waals surface area (Å²) in [5.74, 6) is 0.667. The molecule has 1 aromatic carbocycles. The van der Waals surface area contributed by atoms with Crippen LogP contribution in [0, 0.1) is 11.8 Å². The van der Waals surface area contributed by atoms with Gasteiger partial charge in [-0.3, -0.25) is 14.4 Å². The van der Waals surface area contributed by atoms with Crippen molar-refractivity contribution in [2.24, 2.45) is 11.8 Å². The summed E-state index contributed by atoms with van der Waals surface area (Å²) in [4.78, 5) is 44.9. The smallest absolute Gasteiger partial charge is 0.254 e. The lowest BCUT2D eigenvalue weighted by Gasteiger charge is -2.29. The quantitative estimate of drug-likeness (QED) is 0.694. The molecule has 34 heavy (non-hydrogen) atoms. The molecule has 4 fully saturated rings. The first-order valence-electron chi connectivity index (χ1n) is 13.1. The van der Waals surface area contributed by atoms with Crippen molar-refractivity contribution in [3.8, 4) is 0 Å². The zero-order chi connectivity index (χ0) is 23.5. The summed E-state index contributed by atoms with van der Waals surface area (Å²) in [5, 5.41) is 6.47. The van der Waals surface area contributed by atoms with E-state index in [1.807, 2.05) is 28.0 Å². The molecule has 2 N–H and O–H groups in total. The van der Waals surface area contributed by atoms with Crippen molar-refractivity contribution in [2.45, 2.75) is 44.9 Å². The number of nitrogens with one attached hydrogen (secondary N) is 2. The highest BCUT2D eigenvalue weighted by molar-refractivity contribution is 6.00. The second kappa shape index (κ2) is 10.3. The van der Waals surface area contributed by atoms with Crippen LogP contribution >= 0.6 is 0 Å². The van der Waals surface area contributed by atoms with Gasteiger partial charge in [-0.1, -0.05) is 12.8 Å². The summed E-state index contributed by atoms with van der Waals surface area (Å²) >= 11 is 0. The third-order valence-corrected chi connectivity index (χ3v) is 7.71. The number of anilines is 2. The molecular formula is C26H37N5O3. The van der Waals surface area contributed by atoms with Gasteiger partial charge in [0.2, 0.25) is 11.8 Å². The maximum Gasteiger partial charge on any atom is 0.254 e. The van der Waals surface area contributed by atoms with Crippen LogP contribution in [0.1, 0.15) is 55.3 Å². The summed E-state index contributed by atoms with van der Waals surface area (Å²) in [5.41, 5.74) is 2.29. The molecule has 0 radical (unpaired) electrons. The van der Waals surface area contributed by atoms with Gasteiger partial charge in [-0.15, -0.1) is 0 Å². The lowest BCUT2D eigenvalue weighted by Crippen LogP contribution is -2.46. The normalized spacial score (nSPS) is 21.9. The van der Waals surface area contributed by atoms with Crippen LogP contribution in [0.4, 0.5) is 11.4 Å². The predicted molar refractivity (Wildman–Crippen MR) is 132 cm³/mol. The van der Waals surface area contributed by atoms with E-state index in [-0.39, 0.29) is 23.7 Å². The van der Waals surface area contributed by atoms with Crippen LogP contribution in [-0.2, 0) is 9.59 Å². The van der Waals surface area contributed by atoms with Crippen molar-refractivity contribution in [3.63, 3.8) is 0 Å². The molecule has 2 aliphatic carbocycles. The highest BCUT2D eigenvalue weighted by atomic mass is 16.2. The summed E-state index contributed by atoms with van der Waals surface area (Å²) in [6.45, 7) is 6.05. The number of hydrogen-bond acceptors (Lipinski definition) is 5. The van der Waals surface area contributed by atoms with Crippen molar-refractivity contribution in [1.82, 2.24) is 15.1 Å². The van der Waals surface area contributed by atoms with Crippen LogP contribution < -0.4 is 15.5 Å². The largest absolute Gasteiger partial charge is 0.368 e. The van der Waals surface area contributed by atoms with Gasteiger partial charge in [-0.2, -0.15) is 0 Å². The van der Waals surface area contributed by atoms with Gasteiger partial charge in [0, 0.05) is 69.8 Å². The van der Waals surface area contributed by atoms with E-state index in [1.165, 1.54) is 0 Å². The highest BCUT2D eigenvalue weighted by Crippen LogP contribution is 2.34. The number of nitrogens with zero attached hydrogens (tertiary/aromatic N) is 3. The second-order valence-corrected chi connectivity index (χ2v) is 10.2. The zero-order valence-corrected chi connectivity index (χ0v) is 20.1. The molecule has 2 saturated carbocycles. The van der Waals surface area contributed by atoms with E-state index in [2.05, 4.69) is 15.5 Å². The fourth-order valence-electron chi connectivity index (χ4n) is 5.49. The Bertz CT molecular complexity index is 919. The molecule has 8 heteroatoms. The maximum atomic E-state index is 13.2. The van der Waals surface area contributed by atoms with Crippen LogP contribution in [0.25, 0.3) is 0 Å². The third kappa shape index (κ3) is 5.22. The molecule has 5 rings (SSSR count). The Kier molecular flexibility index (Phi) is 7.04. The molecule has 4 aliphatic rings. The number of benzene rings is 1. The minimum atomic E-state index is 0.0153. The summed E-state index contributed by atoms with van der Waals surface area (Å²) in [6, 6.07) is 5.74. The van der Waals surface area contributed by atoms with Gasteiger partial charge in [0.25, 0.3) is 5.91 Å². The molecule has 0 unspecified atom stereocenters. The molecule has 8 nitrogen and oxygen atoms in total. The van der Waals surface area contributed by atoms with E-state index < -0.39 is 0 Å². The number of rotatable bonds is 5. The molecule has 0 atom stereocenters. The monoisotopic (exact) mass is 467 g/mol.